The van der Waals surface area contributed by atoms with Crippen LogP contribution in [0.4, 0.5) is 0 Å². The van der Waals surface area contributed by atoms with Gasteiger partial charge in [0.15, 0.2) is 5.03 Å². The van der Waals surface area contributed by atoms with Crippen LogP contribution in [0.2, 0.25) is 0 Å². The summed E-state index contributed by atoms with van der Waals surface area (Å²) >= 11 is 3.17. The lowest BCUT2D eigenvalue weighted by molar-refractivity contribution is -0.140. The molecule has 0 spiro atoms. The molecule has 0 bridgehead atoms. The monoisotopic (exact) mass is 334 g/mol. The number of carbonyl (C=O) groups is 1. The molecule has 0 radical (unpaired) electrons. The predicted molar refractivity (Wildman–Crippen MR) is 66.5 cm³/mol. The third-order valence-electron chi connectivity index (χ3n) is 2.76. The Morgan fingerprint density at radius 3 is 2.78 bits per heavy atom. The van der Waals surface area contributed by atoms with E-state index in [-0.39, 0.29) is 11.6 Å². The summed E-state index contributed by atoms with van der Waals surface area (Å²) in [7, 11) is -3.83. The van der Waals surface area contributed by atoms with Crippen molar-refractivity contribution in [3.63, 3.8) is 0 Å². The first-order valence-electron chi connectivity index (χ1n) is 5.29. The van der Waals surface area contributed by atoms with Gasteiger partial charge in [0.25, 0.3) is 10.0 Å². The molecule has 1 aliphatic rings. The maximum atomic E-state index is 12.2. The van der Waals surface area contributed by atoms with E-state index < -0.39 is 22.0 Å². The van der Waals surface area contributed by atoms with Gasteiger partial charge in [-0.2, -0.15) is 4.31 Å². The Bertz CT molecular complexity index is 558. The molecule has 1 aromatic rings. The standard InChI is InChI=1S/C10H11BrN2O4S/c11-7-3-4-9(12-6-7)18(16,17)13-5-1-2-8(13)10(14)15/h3-4,6,8H,1-2,5H2,(H,14,15)/t8-/m0/s1. The van der Waals surface area contributed by atoms with Crippen molar-refractivity contribution in [3.05, 3.63) is 22.8 Å². The van der Waals surface area contributed by atoms with E-state index in [2.05, 4.69) is 20.9 Å². The summed E-state index contributed by atoms with van der Waals surface area (Å²) in [5.74, 6) is -1.12. The second-order valence-electron chi connectivity index (χ2n) is 3.93. The van der Waals surface area contributed by atoms with Gasteiger partial charge in [0.2, 0.25) is 0 Å². The molecule has 1 saturated heterocycles. The lowest BCUT2D eigenvalue weighted by Gasteiger charge is -2.20. The largest absolute Gasteiger partial charge is 0.480 e. The first-order valence-corrected chi connectivity index (χ1v) is 7.52. The van der Waals surface area contributed by atoms with Gasteiger partial charge in [0, 0.05) is 17.2 Å². The van der Waals surface area contributed by atoms with Crippen LogP contribution in [0.5, 0.6) is 0 Å². The van der Waals surface area contributed by atoms with Crippen molar-refractivity contribution in [1.29, 1.82) is 0 Å². The second-order valence-corrected chi connectivity index (χ2v) is 6.68. The van der Waals surface area contributed by atoms with E-state index in [1.165, 1.54) is 12.3 Å². The molecule has 0 saturated carbocycles. The zero-order valence-electron chi connectivity index (χ0n) is 9.28. The average Bonchev–Trinajstić information content (AvgIpc) is 2.79. The van der Waals surface area contributed by atoms with E-state index in [0.29, 0.717) is 17.3 Å². The Hall–Kier alpha value is -0.990. The van der Waals surface area contributed by atoms with Crippen LogP contribution in [0.1, 0.15) is 12.8 Å². The highest BCUT2D eigenvalue weighted by molar-refractivity contribution is 9.10. The molecule has 98 valence electrons. The number of carboxylic acid groups (broad SMARTS) is 1. The zero-order chi connectivity index (χ0) is 13.3. The highest BCUT2D eigenvalue weighted by atomic mass is 79.9. The molecule has 18 heavy (non-hydrogen) atoms. The first kappa shape index (κ1) is 13.4. The molecule has 0 unspecified atom stereocenters. The molecule has 0 aliphatic carbocycles. The number of aliphatic carboxylic acids is 1. The van der Waals surface area contributed by atoms with Crippen molar-refractivity contribution in [3.8, 4) is 0 Å². The minimum absolute atomic E-state index is 0.126. The fraction of sp³-hybridized carbons (Fsp3) is 0.400. The summed E-state index contributed by atoms with van der Waals surface area (Å²) in [4.78, 5) is 14.8. The van der Waals surface area contributed by atoms with Gasteiger partial charge >= 0.3 is 5.97 Å². The van der Waals surface area contributed by atoms with Crippen molar-refractivity contribution in [2.24, 2.45) is 0 Å². The Kier molecular flexibility index (Phi) is 3.69. The normalized spacial score (nSPS) is 21.1. The number of halogens is 1. The van der Waals surface area contributed by atoms with Gasteiger partial charge in [-0.05, 0) is 40.9 Å². The molecule has 0 aromatic carbocycles. The molecular formula is C10H11BrN2O4S. The molecule has 0 amide bonds. The minimum atomic E-state index is -3.83. The van der Waals surface area contributed by atoms with Gasteiger partial charge in [-0.25, -0.2) is 13.4 Å². The number of sulfonamides is 1. The minimum Gasteiger partial charge on any atom is -0.480 e. The number of carboxylic acids is 1. The topological polar surface area (TPSA) is 87.6 Å². The van der Waals surface area contributed by atoms with E-state index in [1.54, 1.807) is 6.07 Å². The van der Waals surface area contributed by atoms with Crippen LogP contribution in [0.3, 0.4) is 0 Å². The van der Waals surface area contributed by atoms with E-state index in [0.717, 1.165) is 4.31 Å². The lowest BCUT2D eigenvalue weighted by Crippen LogP contribution is -2.40. The molecule has 1 aliphatic heterocycles. The van der Waals surface area contributed by atoms with Crippen molar-refractivity contribution in [2.45, 2.75) is 23.9 Å². The number of pyridine rings is 1. The summed E-state index contributed by atoms with van der Waals surface area (Å²) in [5, 5.41) is 8.88. The average molecular weight is 335 g/mol. The molecule has 1 aromatic heterocycles. The maximum Gasteiger partial charge on any atom is 0.322 e. The van der Waals surface area contributed by atoms with Crippen LogP contribution >= 0.6 is 15.9 Å². The van der Waals surface area contributed by atoms with Crippen LogP contribution in [0.15, 0.2) is 27.8 Å². The Balaban J connectivity index is 2.36. The van der Waals surface area contributed by atoms with E-state index in [1.807, 2.05) is 0 Å². The van der Waals surface area contributed by atoms with E-state index in [9.17, 15) is 13.2 Å². The molecule has 2 heterocycles. The predicted octanol–water partition coefficient (Wildman–Crippen LogP) is 1.08. The number of nitrogens with zero attached hydrogens (tertiary/aromatic N) is 2. The van der Waals surface area contributed by atoms with Crippen molar-refractivity contribution >= 4 is 31.9 Å². The van der Waals surface area contributed by atoms with Crippen LogP contribution in [0.25, 0.3) is 0 Å². The fourth-order valence-electron chi connectivity index (χ4n) is 1.91. The van der Waals surface area contributed by atoms with Crippen LogP contribution < -0.4 is 0 Å². The number of hydrogen-bond donors (Lipinski definition) is 1. The van der Waals surface area contributed by atoms with Gasteiger partial charge in [-0.1, -0.05) is 0 Å². The summed E-state index contributed by atoms with van der Waals surface area (Å²) in [6.45, 7) is 0.219. The first-order chi connectivity index (χ1) is 8.43. The number of aromatic nitrogens is 1. The van der Waals surface area contributed by atoms with Crippen molar-refractivity contribution < 1.29 is 18.3 Å². The zero-order valence-corrected chi connectivity index (χ0v) is 11.7. The van der Waals surface area contributed by atoms with Gasteiger partial charge in [0.1, 0.15) is 6.04 Å². The number of hydrogen-bond acceptors (Lipinski definition) is 4. The summed E-state index contributed by atoms with van der Waals surface area (Å²) in [5.41, 5.74) is 0. The van der Waals surface area contributed by atoms with Crippen molar-refractivity contribution in [2.75, 3.05) is 6.54 Å². The third-order valence-corrected chi connectivity index (χ3v) is 5.06. The van der Waals surface area contributed by atoms with Crippen LogP contribution in [-0.2, 0) is 14.8 Å². The second kappa shape index (κ2) is 4.94. The van der Waals surface area contributed by atoms with Crippen LogP contribution in [0, 0.1) is 0 Å². The van der Waals surface area contributed by atoms with E-state index >= 15 is 0 Å². The van der Waals surface area contributed by atoms with Gasteiger partial charge in [0.05, 0.1) is 0 Å². The Morgan fingerprint density at radius 2 is 2.22 bits per heavy atom. The molecule has 8 heteroatoms. The Labute approximate surface area is 113 Å². The van der Waals surface area contributed by atoms with E-state index in [4.69, 9.17) is 5.11 Å². The highest BCUT2D eigenvalue weighted by Gasteiger charge is 2.39. The third kappa shape index (κ3) is 2.40. The Morgan fingerprint density at radius 1 is 1.50 bits per heavy atom. The van der Waals surface area contributed by atoms with Gasteiger partial charge < -0.3 is 5.11 Å². The molecule has 2 rings (SSSR count). The molecule has 1 N–H and O–H groups in total. The van der Waals surface area contributed by atoms with Crippen LogP contribution in [-0.4, -0.2) is 41.4 Å². The summed E-state index contributed by atoms with van der Waals surface area (Å²) in [6, 6.07) is 1.93. The summed E-state index contributed by atoms with van der Waals surface area (Å²) in [6.07, 6.45) is 2.26. The molecule has 1 atom stereocenters. The smallest absolute Gasteiger partial charge is 0.322 e. The fourth-order valence-corrected chi connectivity index (χ4v) is 3.71. The maximum absolute atomic E-state index is 12.2. The number of rotatable bonds is 3. The van der Waals surface area contributed by atoms with Gasteiger partial charge in [-0.3, -0.25) is 4.79 Å². The summed E-state index contributed by atoms with van der Waals surface area (Å²) < 4.78 is 26.2. The molecular weight excluding hydrogens is 324 g/mol. The quantitative estimate of drug-likeness (QED) is 0.893. The SMILES string of the molecule is O=C(O)[C@@H]1CCCN1S(=O)(=O)c1ccc(Br)cn1. The van der Waals surface area contributed by atoms with Gasteiger partial charge in [-0.15, -0.1) is 0 Å². The highest BCUT2D eigenvalue weighted by Crippen LogP contribution is 2.25. The molecule has 1 fully saturated rings. The van der Waals surface area contributed by atoms with Crippen molar-refractivity contribution in [1.82, 2.24) is 9.29 Å². The lowest BCUT2D eigenvalue weighted by atomic mass is 10.2. The molecule has 6 nitrogen and oxygen atoms in total.